The Balaban J connectivity index is 3.68. The van der Waals surface area contributed by atoms with Gasteiger partial charge in [0, 0.05) is 12.8 Å². The van der Waals surface area contributed by atoms with E-state index < -0.39 is 18.1 Å². The van der Waals surface area contributed by atoms with Crippen LogP contribution in [0.15, 0.2) is 0 Å². The molecule has 0 atom stereocenters. The van der Waals surface area contributed by atoms with Crippen LogP contribution in [0.3, 0.4) is 0 Å². The van der Waals surface area contributed by atoms with Crippen molar-refractivity contribution in [3.05, 3.63) is 0 Å². The Labute approximate surface area is 108 Å². The Morgan fingerprint density at radius 1 is 0.722 bits per heavy atom. The van der Waals surface area contributed by atoms with E-state index in [1.54, 1.807) is 0 Å². The first-order chi connectivity index (χ1) is 8.60. The second kappa shape index (κ2) is 10.7. The van der Waals surface area contributed by atoms with Crippen LogP contribution >= 0.6 is 0 Å². The molecule has 0 aromatic rings. The molecule has 0 saturated heterocycles. The minimum atomic E-state index is -1.21. The van der Waals surface area contributed by atoms with Crippen molar-refractivity contribution < 1.29 is 23.9 Å². The van der Waals surface area contributed by atoms with Gasteiger partial charge in [-0.15, -0.1) is 0 Å². The molecule has 0 saturated carbocycles. The molecule has 0 spiro atoms. The van der Waals surface area contributed by atoms with Crippen molar-refractivity contribution >= 4 is 18.1 Å². The van der Waals surface area contributed by atoms with Gasteiger partial charge < -0.3 is 9.47 Å². The zero-order valence-electron chi connectivity index (χ0n) is 11.2. The maximum absolute atomic E-state index is 11.1. The van der Waals surface area contributed by atoms with E-state index in [2.05, 4.69) is 9.47 Å². The molecule has 0 bridgehead atoms. The number of hydrogen-bond acceptors (Lipinski definition) is 5. The van der Waals surface area contributed by atoms with Gasteiger partial charge in [0.2, 0.25) is 0 Å². The normalized spacial score (nSPS) is 9.89. The van der Waals surface area contributed by atoms with E-state index in [-0.39, 0.29) is 12.8 Å². The number of ether oxygens (including phenoxy) is 2. The Morgan fingerprint density at radius 2 is 1.11 bits per heavy atom. The average Bonchev–Trinajstić information content (AvgIpc) is 2.29. The third kappa shape index (κ3) is 9.81. The topological polar surface area (TPSA) is 69.7 Å². The molecule has 0 aromatic carbocycles. The third-order valence-electron chi connectivity index (χ3n) is 2.36. The second-order valence-corrected chi connectivity index (χ2v) is 4.11. The van der Waals surface area contributed by atoms with Crippen molar-refractivity contribution in [2.45, 2.75) is 65.2 Å². The first kappa shape index (κ1) is 16.6. The SMILES string of the molecule is CCCCCC(=O)OC(=O)OC(=O)CCCCC. The highest BCUT2D eigenvalue weighted by Crippen LogP contribution is 2.04. The van der Waals surface area contributed by atoms with Crippen LogP contribution in [-0.2, 0) is 19.1 Å². The summed E-state index contributed by atoms with van der Waals surface area (Å²) in [6.07, 6.45) is 4.25. The van der Waals surface area contributed by atoms with Gasteiger partial charge in [0.05, 0.1) is 0 Å². The smallest absolute Gasteiger partial charge is 0.360 e. The molecular formula is C13H22O5. The summed E-state index contributed by atoms with van der Waals surface area (Å²) in [5.41, 5.74) is 0. The fourth-order valence-corrected chi connectivity index (χ4v) is 1.35. The molecule has 0 unspecified atom stereocenters. The highest BCUT2D eigenvalue weighted by Gasteiger charge is 2.15. The monoisotopic (exact) mass is 258 g/mol. The number of rotatable bonds is 8. The van der Waals surface area contributed by atoms with Gasteiger partial charge in [0.25, 0.3) is 0 Å². The first-order valence-corrected chi connectivity index (χ1v) is 6.55. The number of carbonyl (C=O) groups is 3. The van der Waals surface area contributed by atoms with Gasteiger partial charge >= 0.3 is 18.1 Å². The summed E-state index contributed by atoms with van der Waals surface area (Å²) < 4.78 is 8.71. The predicted molar refractivity (Wildman–Crippen MR) is 65.9 cm³/mol. The second-order valence-electron chi connectivity index (χ2n) is 4.11. The van der Waals surface area contributed by atoms with Crippen molar-refractivity contribution in [1.82, 2.24) is 0 Å². The van der Waals surface area contributed by atoms with Crippen LogP contribution in [0.4, 0.5) is 4.79 Å². The van der Waals surface area contributed by atoms with E-state index in [4.69, 9.17) is 0 Å². The highest BCUT2D eigenvalue weighted by molar-refractivity contribution is 5.88. The molecule has 5 nitrogen and oxygen atoms in total. The van der Waals surface area contributed by atoms with E-state index in [9.17, 15) is 14.4 Å². The third-order valence-corrected chi connectivity index (χ3v) is 2.36. The molecule has 0 aliphatic carbocycles. The van der Waals surface area contributed by atoms with E-state index in [1.165, 1.54) is 0 Å². The maximum Gasteiger partial charge on any atom is 0.524 e. The van der Waals surface area contributed by atoms with Crippen LogP contribution in [0.5, 0.6) is 0 Å². The summed E-state index contributed by atoms with van der Waals surface area (Å²) in [7, 11) is 0. The zero-order chi connectivity index (χ0) is 13.8. The molecule has 0 N–H and O–H groups in total. The standard InChI is InChI=1S/C13H22O5/c1-3-5-7-9-11(14)17-13(16)18-12(15)10-8-6-4-2/h3-10H2,1-2H3. The van der Waals surface area contributed by atoms with Gasteiger partial charge in [-0.1, -0.05) is 39.5 Å². The fourth-order valence-electron chi connectivity index (χ4n) is 1.35. The molecule has 0 radical (unpaired) electrons. The Bertz CT molecular complexity index is 247. The summed E-state index contributed by atoms with van der Waals surface area (Å²) in [6.45, 7) is 4.02. The van der Waals surface area contributed by atoms with Gasteiger partial charge in [-0.25, -0.2) is 4.79 Å². The lowest BCUT2D eigenvalue weighted by molar-refractivity contribution is -0.146. The maximum atomic E-state index is 11.1. The van der Waals surface area contributed by atoms with Crippen LogP contribution in [-0.4, -0.2) is 18.1 Å². The summed E-state index contributed by atoms with van der Waals surface area (Å²) in [4.78, 5) is 33.3. The molecule has 0 aliphatic rings. The van der Waals surface area contributed by atoms with Crippen LogP contribution in [0.1, 0.15) is 65.2 Å². The van der Waals surface area contributed by atoms with Gasteiger partial charge in [-0.05, 0) is 12.8 Å². The molecule has 0 heterocycles. The van der Waals surface area contributed by atoms with Crippen molar-refractivity contribution in [1.29, 1.82) is 0 Å². The molecule has 0 amide bonds. The lowest BCUT2D eigenvalue weighted by atomic mass is 10.2. The Kier molecular flexibility index (Phi) is 9.91. The lowest BCUT2D eigenvalue weighted by Crippen LogP contribution is -2.17. The van der Waals surface area contributed by atoms with Crippen molar-refractivity contribution in [2.24, 2.45) is 0 Å². The molecule has 18 heavy (non-hydrogen) atoms. The highest BCUT2D eigenvalue weighted by atomic mass is 16.8. The van der Waals surface area contributed by atoms with Gasteiger partial charge in [0.1, 0.15) is 0 Å². The van der Waals surface area contributed by atoms with Crippen molar-refractivity contribution in [3.63, 3.8) is 0 Å². The van der Waals surface area contributed by atoms with Gasteiger partial charge in [-0.3, -0.25) is 9.59 Å². The minimum absolute atomic E-state index is 0.174. The van der Waals surface area contributed by atoms with Crippen molar-refractivity contribution in [2.75, 3.05) is 0 Å². The van der Waals surface area contributed by atoms with Crippen molar-refractivity contribution in [3.8, 4) is 0 Å². The summed E-state index contributed by atoms with van der Waals surface area (Å²) in [6, 6.07) is 0. The van der Waals surface area contributed by atoms with Gasteiger partial charge in [0.15, 0.2) is 0 Å². The largest absolute Gasteiger partial charge is 0.524 e. The summed E-state index contributed by atoms with van der Waals surface area (Å²) in [5.74, 6) is -1.29. The van der Waals surface area contributed by atoms with Crippen LogP contribution < -0.4 is 0 Å². The number of carbonyl (C=O) groups excluding carboxylic acids is 3. The van der Waals surface area contributed by atoms with E-state index >= 15 is 0 Å². The summed E-state index contributed by atoms with van der Waals surface area (Å²) in [5, 5.41) is 0. The molecule has 5 heteroatoms. The Hall–Kier alpha value is -1.39. The van der Waals surface area contributed by atoms with E-state index in [1.807, 2.05) is 13.8 Å². The molecular weight excluding hydrogens is 236 g/mol. The van der Waals surface area contributed by atoms with Gasteiger partial charge in [-0.2, -0.15) is 0 Å². The number of esters is 2. The molecule has 0 aromatic heterocycles. The van der Waals surface area contributed by atoms with E-state index in [0.717, 1.165) is 25.7 Å². The minimum Gasteiger partial charge on any atom is -0.360 e. The van der Waals surface area contributed by atoms with E-state index in [0.29, 0.717) is 12.8 Å². The zero-order valence-corrected chi connectivity index (χ0v) is 11.2. The van der Waals surface area contributed by atoms with Crippen LogP contribution in [0.25, 0.3) is 0 Å². The van der Waals surface area contributed by atoms with Crippen LogP contribution in [0.2, 0.25) is 0 Å². The summed E-state index contributed by atoms with van der Waals surface area (Å²) >= 11 is 0. The molecule has 0 rings (SSSR count). The lowest BCUT2D eigenvalue weighted by Gasteiger charge is -2.03. The predicted octanol–water partition coefficient (Wildman–Crippen LogP) is 3.35. The molecule has 0 aliphatic heterocycles. The Morgan fingerprint density at radius 3 is 1.44 bits per heavy atom. The number of hydrogen-bond donors (Lipinski definition) is 0. The fraction of sp³-hybridized carbons (Fsp3) is 0.769. The first-order valence-electron chi connectivity index (χ1n) is 6.55. The van der Waals surface area contributed by atoms with Crippen LogP contribution in [0, 0.1) is 0 Å². The molecule has 104 valence electrons. The quantitative estimate of drug-likeness (QED) is 0.379. The average molecular weight is 258 g/mol. The molecule has 0 fully saturated rings. The number of unbranched alkanes of at least 4 members (excludes halogenated alkanes) is 4.